The van der Waals surface area contributed by atoms with Crippen molar-refractivity contribution in [2.45, 2.75) is 11.9 Å². The number of ether oxygens (including phenoxy) is 2. The number of carbonyl (C=O) groups is 1. The third kappa shape index (κ3) is 5.23. The maximum absolute atomic E-state index is 12.2. The van der Waals surface area contributed by atoms with Crippen LogP contribution >= 0.6 is 11.8 Å². The summed E-state index contributed by atoms with van der Waals surface area (Å²) in [4.78, 5) is 12.2. The smallest absolute Gasteiger partial charge is 0.234 e. The van der Waals surface area contributed by atoms with E-state index < -0.39 is 0 Å². The lowest BCUT2D eigenvalue weighted by Gasteiger charge is -2.11. The molecule has 3 rings (SSSR count). The van der Waals surface area contributed by atoms with Crippen molar-refractivity contribution in [2.24, 2.45) is 0 Å². The number of anilines is 1. The van der Waals surface area contributed by atoms with E-state index in [-0.39, 0.29) is 11.7 Å². The summed E-state index contributed by atoms with van der Waals surface area (Å²) in [7, 11) is 1.63. The fourth-order valence-electron chi connectivity index (χ4n) is 2.49. The highest BCUT2D eigenvalue weighted by Gasteiger charge is 2.09. The number of para-hydroxylation sites is 2. The van der Waals surface area contributed by atoms with E-state index in [1.54, 1.807) is 7.11 Å². The summed E-state index contributed by atoms with van der Waals surface area (Å²) in [5.41, 5.74) is 2.38. The van der Waals surface area contributed by atoms with Gasteiger partial charge in [-0.1, -0.05) is 23.9 Å². The van der Waals surface area contributed by atoms with Crippen LogP contribution < -0.4 is 14.8 Å². The Balaban J connectivity index is 1.56. The summed E-state index contributed by atoms with van der Waals surface area (Å²) in [5, 5.41) is 12.0. The molecule has 2 aromatic carbocycles. The molecule has 0 aliphatic heterocycles. The third-order valence-electron chi connectivity index (χ3n) is 3.84. The van der Waals surface area contributed by atoms with Gasteiger partial charge in [-0.25, -0.2) is 0 Å². The van der Waals surface area contributed by atoms with Crippen LogP contribution in [0, 0.1) is 0 Å². The predicted molar refractivity (Wildman–Crippen MR) is 111 cm³/mol. The Morgan fingerprint density at radius 3 is 2.50 bits per heavy atom. The van der Waals surface area contributed by atoms with Gasteiger partial charge in [-0.05, 0) is 55.5 Å². The second-order valence-corrected chi connectivity index (χ2v) is 6.75. The van der Waals surface area contributed by atoms with E-state index in [4.69, 9.17) is 9.47 Å². The van der Waals surface area contributed by atoms with Crippen molar-refractivity contribution in [1.82, 2.24) is 10.2 Å². The SMILES string of the molecule is CCOc1ccccc1NC(=O)CSc1ccc(-c2ccc(OC)cc2)nn1. The number of nitrogens with zero attached hydrogens (tertiary/aromatic N) is 2. The molecule has 3 aromatic rings. The maximum atomic E-state index is 12.2. The van der Waals surface area contributed by atoms with Gasteiger partial charge >= 0.3 is 0 Å². The number of amides is 1. The van der Waals surface area contributed by atoms with Crippen molar-refractivity contribution in [3.8, 4) is 22.8 Å². The minimum atomic E-state index is -0.127. The first-order valence-electron chi connectivity index (χ1n) is 8.82. The molecule has 0 radical (unpaired) electrons. The van der Waals surface area contributed by atoms with Crippen molar-refractivity contribution >= 4 is 23.4 Å². The number of carbonyl (C=O) groups excluding carboxylic acids is 1. The summed E-state index contributed by atoms with van der Waals surface area (Å²) in [6, 6.07) is 18.7. The Morgan fingerprint density at radius 1 is 1.04 bits per heavy atom. The quantitative estimate of drug-likeness (QED) is 0.574. The predicted octanol–water partition coefficient (Wildman–Crippen LogP) is 4.28. The van der Waals surface area contributed by atoms with Crippen LogP contribution in [0.15, 0.2) is 65.7 Å². The molecule has 0 aliphatic carbocycles. The molecule has 0 bridgehead atoms. The lowest BCUT2D eigenvalue weighted by molar-refractivity contribution is -0.113. The molecule has 0 atom stereocenters. The molecule has 0 fully saturated rings. The van der Waals surface area contributed by atoms with Gasteiger partial charge in [-0.3, -0.25) is 4.79 Å². The molecule has 0 saturated carbocycles. The molecule has 1 heterocycles. The van der Waals surface area contributed by atoms with Crippen molar-refractivity contribution in [3.05, 3.63) is 60.7 Å². The third-order valence-corrected chi connectivity index (χ3v) is 4.76. The summed E-state index contributed by atoms with van der Waals surface area (Å²) in [6.45, 7) is 2.44. The van der Waals surface area contributed by atoms with E-state index in [1.807, 2.05) is 67.6 Å². The average Bonchev–Trinajstić information content (AvgIpc) is 2.74. The van der Waals surface area contributed by atoms with Gasteiger partial charge in [0.1, 0.15) is 16.5 Å². The number of aromatic nitrogens is 2. The number of methoxy groups -OCH3 is 1. The Bertz CT molecular complexity index is 915. The average molecular weight is 395 g/mol. The number of thioether (sulfide) groups is 1. The minimum Gasteiger partial charge on any atom is -0.497 e. The molecule has 144 valence electrons. The van der Waals surface area contributed by atoms with E-state index in [2.05, 4.69) is 15.5 Å². The standard InChI is InChI=1S/C21H21N3O3S/c1-3-27-19-7-5-4-6-18(19)22-20(25)14-28-21-13-12-17(23-24-21)15-8-10-16(26-2)11-9-15/h4-13H,3,14H2,1-2H3,(H,22,25). The van der Waals surface area contributed by atoms with Gasteiger partial charge in [0.25, 0.3) is 0 Å². The van der Waals surface area contributed by atoms with Crippen LogP contribution in [0.25, 0.3) is 11.3 Å². The van der Waals surface area contributed by atoms with Gasteiger partial charge < -0.3 is 14.8 Å². The molecule has 0 unspecified atom stereocenters. The summed E-state index contributed by atoms with van der Waals surface area (Å²) in [5.74, 6) is 1.56. The number of hydrogen-bond donors (Lipinski definition) is 1. The molecule has 7 heteroatoms. The zero-order valence-electron chi connectivity index (χ0n) is 15.7. The highest BCUT2D eigenvalue weighted by molar-refractivity contribution is 7.99. The van der Waals surface area contributed by atoms with Crippen LogP contribution in [0.3, 0.4) is 0 Å². The largest absolute Gasteiger partial charge is 0.497 e. The second kappa shape index (κ2) is 9.75. The fourth-order valence-corrected chi connectivity index (χ4v) is 3.10. The van der Waals surface area contributed by atoms with E-state index in [0.717, 1.165) is 17.0 Å². The van der Waals surface area contributed by atoms with Crippen molar-refractivity contribution in [2.75, 3.05) is 24.8 Å². The molecule has 1 amide bonds. The molecule has 0 spiro atoms. The monoisotopic (exact) mass is 395 g/mol. The molecule has 0 saturated heterocycles. The fraction of sp³-hybridized carbons (Fsp3) is 0.190. The van der Waals surface area contributed by atoms with E-state index in [0.29, 0.717) is 23.1 Å². The Kier molecular flexibility index (Phi) is 6.86. The molecule has 1 N–H and O–H groups in total. The van der Waals surface area contributed by atoms with Gasteiger partial charge in [0.05, 0.1) is 30.9 Å². The van der Waals surface area contributed by atoms with Gasteiger partial charge in [0.15, 0.2) is 0 Å². The van der Waals surface area contributed by atoms with Crippen molar-refractivity contribution in [1.29, 1.82) is 0 Å². The first-order valence-corrected chi connectivity index (χ1v) is 9.80. The first kappa shape index (κ1) is 19.7. The number of benzene rings is 2. The Hall–Kier alpha value is -3.06. The van der Waals surface area contributed by atoms with Gasteiger partial charge in [0, 0.05) is 5.56 Å². The molecule has 1 aromatic heterocycles. The number of hydrogen-bond acceptors (Lipinski definition) is 6. The van der Waals surface area contributed by atoms with Gasteiger partial charge in [0.2, 0.25) is 5.91 Å². The van der Waals surface area contributed by atoms with Crippen LogP contribution in [0.2, 0.25) is 0 Å². The topological polar surface area (TPSA) is 73.3 Å². The summed E-state index contributed by atoms with van der Waals surface area (Å²) in [6.07, 6.45) is 0. The van der Waals surface area contributed by atoms with Crippen molar-refractivity contribution < 1.29 is 14.3 Å². The minimum absolute atomic E-state index is 0.127. The van der Waals surface area contributed by atoms with Crippen LogP contribution in [0.1, 0.15) is 6.92 Å². The summed E-state index contributed by atoms with van der Waals surface area (Å²) >= 11 is 1.33. The highest BCUT2D eigenvalue weighted by Crippen LogP contribution is 2.25. The van der Waals surface area contributed by atoms with Gasteiger partial charge in [-0.15, -0.1) is 10.2 Å². The number of rotatable bonds is 8. The maximum Gasteiger partial charge on any atom is 0.234 e. The Morgan fingerprint density at radius 2 is 1.82 bits per heavy atom. The first-order chi connectivity index (χ1) is 13.7. The molecule has 28 heavy (non-hydrogen) atoms. The molecule has 6 nitrogen and oxygen atoms in total. The van der Waals surface area contributed by atoms with Crippen molar-refractivity contribution in [3.63, 3.8) is 0 Å². The summed E-state index contributed by atoms with van der Waals surface area (Å²) < 4.78 is 10.7. The number of nitrogens with one attached hydrogen (secondary N) is 1. The second-order valence-electron chi connectivity index (χ2n) is 5.75. The van der Waals surface area contributed by atoms with Crippen LogP contribution in [-0.2, 0) is 4.79 Å². The van der Waals surface area contributed by atoms with E-state index >= 15 is 0 Å². The van der Waals surface area contributed by atoms with E-state index in [1.165, 1.54) is 11.8 Å². The highest BCUT2D eigenvalue weighted by atomic mass is 32.2. The van der Waals surface area contributed by atoms with Crippen LogP contribution in [0.4, 0.5) is 5.69 Å². The zero-order valence-corrected chi connectivity index (χ0v) is 16.5. The van der Waals surface area contributed by atoms with Crippen LogP contribution in [0.5, 0.6) is 11.5 Å². The molecule has 0 aliphatic rings. The molecular formula is C21H21N3O3S. The lowest BCUT2D eigenvalue weighted by Crippen LogP contribution is -2.15. The van der Waals surface area contributed by atoms with Crippen LogP contribution in [-0.4, -0.2) is 35.6 Å². The van der Waals surface area contributed by atoms with Gasteiger partial charge in [-0.2, -0.15) is 0 Å². The zero-order chi connectivity index (χ0) is 19.8. The Labute approximate surface area is 168 Å². The lowest BCUT2D eigenvalue weighted by atomic mass is 10.1. The normalized spacial score (nSPS) is 10.4. The molecular weight excluding hydrogens is 374 g/mol. The van der Waals surface area contributed by atoms with E-state index in [9.17, 15) is 4.79 Å².